The maximum atomic E-state index is 12.6. The zero-order valence-corrected chi connectivity index (χ0v) is 11.9. The van der Waals surface area contributed by atoms with Crippen molar-refractivity contribution in [2.45, 2.75) is 26.4 Å². The van der Waals surface area contributed by atoms with Crippen LogP contribution in [-0.4, -0.2) is 57.5 Å². The molecule has 2 rings (SSSR count). The second-order valence-electron chi connectivity index (χ2n) is 5.01. The third-order valence-electron chi connectivity index (χ3n) is 3.55. The van der Waals surface area contributed by atoms with Gasteiger partial charge in [-0.05, 0) is 13.8 Å². The van der Waals surface area contributed by atoms with Crippen molar-refractivity contribution >= 4 is 11.9 Å². The number of aliphatic carboxylic acids is 1. The summed E-state index contributed by atoms with van der Waals surface area (Å²) in [6.45, 7) is 4.79. The first-order chi connectivity index (χ1) is 9.40. The number of carboxylic acid groups (broad SMARTS) is 1. The molecular weight excluding hydrogens is 262 g/mol. The van der Waals surface area contributed by atoms with E-state index in [1.165, 1.54) is 0 Å². The molecule has 20 heavy (non-hydrogen) atoms. The van der Waals surface area contributed by atoms with Crippen molar-refractivity contribution < 1.29 is 19.4 Å². The number of amides is 1. The minimum atomic E-state index is -0.918. The van der Waals surface area contributed by atoms with Gasteiger partial charge in [0.2, 0.25) is 0 Å². The maximum Gasteiger partial charge on any atom is 0.306 e. The van der Waals surface area contributed by atoms with Crippen LogP contribution < -0.4 is 0 Å². The molecule has 1 N–H and O–H groups in total. The van der Waals surface area contributed by atoms with Crippen LogP contribution in [0.3, 0.4) is 0 Å². The summed E-state index contributed by atoms with van der Waals surface area (Å²) in [5, 5.41) is 13.0. The maximum absolute atomic E-state index is 12.6. The van der Waals surface area contributed by atoms with E-state index in [-0.39, 0.29) is 12.3 Å². The first-order valence-corrected chi connectivity index (χ1v) is 6.53. The number of morpholine rings is 1. The number of aromatic nitrogens is 2. The molecule has 1 saturated heterocycles. The average molecular weight is 281 g/mol. The van der Waals surface area contributed by atoms with Gasteiger partial charge in [0.05, 0.1) is 30.4 Å². The van der Waals surface area contributed by atoms with Gasteiger partial charge in [0.15, 0.2) is 0 Å². The van der Waals surface area contributed by atoms with Gasteiger partial charge in [0, 0.05) is 25.8 Å². The van der Waals surface area contributed by atoms with Crippen molar-refractivity contribution in [2.75, 3.05) is 19.7 Å². The van der Waals surface area contributed by atoms with Crippen LogP contribution in [0.25, 0.3) is 0 Å². The van der Waals surface area contributed by atoms with E-state index in [2.05, 4.69) is 5.10 Å². The fourth-order valence-electron chi connectivity index (χ4n) is 2.46. The van der Waals surface area contributed by atoms with Gasteiger partial charge in [-0.2, -0.15) is 5.10 Å². The first kappa shape index (κ1) is 14.5. The fourth-order valence-corrected chi connectivity index (χ4v) is 2.46. The lowest BCUT2D eigenvalue weighted by atomic mass is 10.1. The molecule has 1 amide bonds. The SMILES string of the molecule is Cc1nn(C)c(C)c1C(=O)N1CCOC(CC(=O)O)C1. The molecule has 2 heterocycles. The highest BCUT2D eigenvalue weighted by molar-refractivity contribution is 5.96. The van der Waals surface area contributed by atoms with Crippen molar-refractivity contribution in [1.29, 1.82) is 0 Å². The summed E-state index contributed by atoms with van der Waals surface area (Å²) in [6.07, 6.45) is -0.531. The second-order valence-corrected chi connectivity index (χ2v) is 5.01. The van der Waals surface area contributed by atoms with Crippen LogP contribution in [0.4, 0.5) is 0 Å². The summed E-state index contributed by atoms with van der Waals surface area (Å²) in [4.78, 5) is 24.9. The van der Waals surface area contributed by atoms with Crippen molar-refractivity contribution in [2.24, 2.45) is 7.05 Å². The molecule has 1 aromatic rings. The Labute approximate surface area is 117 Å². The van der Waals surface area contributed by atoms with E-state index in [0.29, 0.717) is 31.0 Å². The molecule has 110 valence electrons. The Bertz CT molecular complexity index is 538. The predicted molar refractivity (Wildman–Crippen MR) is 70.6 cm³/mol. The Balaban J connectivity index is 2.14. The number of carboxylic acids is 1. The molecule has 1 aliphatic heterocycles. The molecule has 1 atom stereocenters. The molecule has 1 fully saturated rings. The molecule has 0 spiro atoms. The standard InChI is InChI=1S/C13H19N3O4/c1-8-12(9(2)15(3)14-8)13(19)16-4-5-20-10(7-16)6-11(17)18/h10H,4-7H2,1-3H3,(H,17,18). The number of nitrogens with zero attached hydrogens (tertiary/aromatic N) is 3. The van der Waals surface area contributed by atoms with Crippen molar-refractivity contribution in [1.82, 2.24) is 14.7 Å². The summed E-state index contributed by atoms with van der Waals surface area (Å²) < 4.78 is 7.05. The number of hydrogen-bond acceptors (Lipinski definition) is 4. The second kappa shape index (κ2) is 5.62. The van der Waals surface area contributed by atoms with Crippen LogP contribution in [-0.2, 0) is 16.6 Å². The quantitative estimate of drug-likeness (QED) is 0.864. The van der Waals surface area contributed by atoms with Crippen LogP contribution in [0.5, 0.6) is 0 Å². The summed E-state index contributed by atoms with van der Waals surface area (Å²) in [5.41, 5.74) is 2.11. The molecule has 1 aliphatic rings. The number of aryl methyl sites for hydroxylation is 2. The number of rotatable bonds is 3. The zero-order valence-electron chi connectivity index (χ0n) is 11.9. The van der Waals surface area contributed by atoms with Crippen molar-refractivity contribution in [3.63, 3.8) is 0 Å². The van der Waals surface area contributed by atoms with Crippen molar-refractivity contribution in [3.8, 4) is 0 Å². The minimum Gasteiger partial charge on any atom is -0.481 e. The summed E-state index contributed by atoms with van der Waals surface area (Å²) in [7, 11) is 1.80. The van der Waals surface area contributed by atoms with E-state index in [1.807, 2.05) is 6.92 Å². The number of ether oxygens (including phenoxy) is 1. The Morgan fingerprint density at radius 1 is 1.45 bits per heavy atom. The van der Waals surface area contributed by atoms with Gasteiger partial charge < -0.3 is 14.7 Å². The van der Waals surface area contributed by atoms with Gasteiger partial charge in [0.25, 0.3) is 5.91 Å². The molecule has 0 saturated carbocycles. The third kappa shape index (κ3) is 2.82. The van der Waals surface area contributed by atoms with E-state index in [4.69, 9.17) is 9.84 Å². The summed E-state index contributed by atoms with van der Waals surface area (Å²) in [5.74, 6) is -1.02. The molecule has 0 bridgehead atoms. The van der Waals surface area contributed by atoms with E-state index >= 15 is 0 Å². The lowest BCUT2D eigenvalue weighted by Crippen LogP contribution is -2.46. The lowest BCUT2D eigenvalue weighted by Gasteiger charge is -2.32. The largest absolute Gasteiger partial charge is 0.481 e. The van der Waals surface area contributed by atoms with Gasteiger partial charge in [-0.15, -0.1) is 0 Å². The van der Waals surface area contributed by atoms with Gasteiger partial charge in [-0.3, -0.25) is 14.3 Å². The monoisotopic (exact) mass is 281 g/mol. The highest BCUT2D eigenvalue weighted by Crippen LogP contribution is 2.17. The summed E-state index contributed by atoms with van der Waals surface area (Å²) >= 11 is 0. The zero-order chi connectivity index (χ0) is 14.9. The predicted octanol–water partition coefficient (Wildman–Crippen LogP) is 0.353. The molecule has 7 heteroatoms. The topological polar surface area (TPSA) is 84.7 Å². The van der Waals surface area contributed by atoms with Gasteiger partial charge in [0.1, 0.15) is 0 Å². The Morgan fingerprint density at radius 3 is 2.70 bits per heavy atom. The van der Waals surface area contributed by atoms with Crippen molar-refractivity contribution in [3.05, 3.63) is 17.0 Å². The highest BCUT2D eigenvalue weighted by atomic mass is 16.5. The van der Waals surface area contributed by atoms with Crippen LogP contribution in [0, 0.1) is 13.8 Å². The Morgan fingerprint density at radius 2 is 2.15 bits per heavy atom. The van der Waals surface area contributed by atoms with E-state index in [1.54, 1.807) is 23.6 Å². The van der Waals surface area contributed by atoms with Crippen LogP contribution >= 0.6 is 0 Å². The van der Waals surface area contributed by atoms with E-state index < -0.39 is 12.1 Å². The van der Waals surface area contributed by atoms with Gasteiger partial charge >= 0.3 is 5.97 Å². The van der Waals surface area contributed by atoms with Gasteiger partial charge in [-0.1, -0.05) is 0 Å². The molecule has 0 aromatic carbocycles. The molecule has 0 aliphatic carbocycles. The smallest absolute Gasteiger partial charge is 0.306 e. The normalized spacial score (nSPS) is 19.1. The lowest BCUT2D eigenvalue weighted by molar-refractivity contribution is -0.141. The van der Waals surface area contributed by atoms with Crippen LogP contribution in [0.2, 0.25) is 0 Å². The highest BCUT2D eigenvalue weighted by Gasteiger charge is 2.29. The van der Waals surface area contributed by atoms with Crippen LogP contribution in [0.15, 0.2) is 0 Å². The number of hydrogen-bond donors (Lipinski definition) is 1. The average Bonchev–Trinajstić information content (AvgIpc) is 2.62. The fraction of sp³-hybridized carbons (Fsp3) is 0.615. The van der Waals surface area contributed by atoms with E-state index in [0.717, 1.165) is 5.69 Å². The first-order valence-electron chi connectivity index (χ1n) is 6.53. The Hall–Kier alpha value is -1.89. The number of carbonyl (C=O) groups excluding carboxylic acids is 1. The molecular formula is C13H19N3O4. The minimum absolute atomic E-state index is 0.0885. The van der Waals surface area contributed by atoms with Crippen LogP contribution in [0.1, 0.15) is 28.2 Å². The molecule has 0 radical (unpaired) electrons. The van der Waals surface area contributed by atoms with Gasteiger partial charge in [-0.25, -0.2) is 0 Å². The molecule has 7 nitrogen and oxygen atoms in total. The molecule has 1 unspecified atom stereocenters. The number of carbonyl (C=O) groups is 2. The Kier molecular flexibility index (Phi) is 4.08. The molecule has 1 aromatic heterocycles. The summed E-state index contributed by atoms with van der Waals surface area (Å²) in [6, 6.07) is 0. The van der Waals surface area contributed by atoms with E-state index in [9.17, 15) is 9.59 Å². The third-order valence-corrected chi connectivity index (χ3v) is 3.55.